The van der Waals surface area contributed by atoms with Gasteiger partial charge in [-0.1, -0.05) is 42.2 Å². The van der Waals surface area contributed by atoms with Gasteiger partial charge in [0.05, 0.1) is 11.6 Å². The molecule has 8 heteroatoms. The molecule has 38 heavy (non-hydrogen) atoms. The molecule has 4 aromatic heterocycles. The first-order valence-corrected chi connectivity index (χ1v) is 12.1. The largest absolute Gasteiger partial charge is 0.381 e. The van der Waals surface area contributed by atoms with Crippen LogP contribution in [0.5, 0.6) is 0 Å². The van der Waals surface area contributed by atoms with E-state index in [2.05, 4.69) is 48.9 Å². The average molecular weight is 498 g/mol. The third kappa shape index (κ3) is 4.12. The standard InChI is InChI=1S/C30H23N7O/c1-20(34-30(38)26-28(31)35-36-18-6-15-33-29(26)36)25-19-23-8-5-7-22(12-11-21-13-16-32-17-14-21)27(23)37(25)24-9-3-2-4-10-24/h2-10,13-20H,1H3,(H2,31,35)(H,34,38)/t20-/m1/s1. The number of nitrogens with zero attached hydrogens (tertiary/aromatic N) is 5. The predicted octanol–water partition coefficient (Wildman–Crippen LogP) is 4.54. The molecule has 0 aliphatic heterocycles. The Balaban J connectivity index is 1.45. The van der Waals surface area contributed by atoms with E-state index in [0.29, 0.717) is 5.65 Å². The van der Waals surface area contributed by atoms with Gasteiger partial charge in [-0.3, -0.25) is 9.78 Å². The maximum atomic E-state index is 13.4. The topological polar surface area (TPSA) is 103 Å². The van der Waals surface area contributed by atoms with Crippen molar-refractivity contribution in [2.75, 3.05) is 5.73 Å². The molecule has 8 nitrogen and oxygen atoms in total. The first-order valence-electron chi connectivity index (χ1n) is 12.1. The van der Waals surface area contributed by atoms with Gasteiger partial charge >= 0.3 is 0 Å². The molecule has 0 spiro atoms. The van der Waals surface area contributed by atoms with Crippen LogP contribution in [0.2, 0.25) is 0 Å². The summed E-state index contributed by atoms with van der Waals surface area (Å²) in [7, 11) is 0. The summed E-state index contributed by atoms with van der Waals surface area (Å²) in [6.07, 6.45) is 6.77. The quantitative estimate of drug-likeness (QED) is 0.348. The lowest BCUT2D eigenvalue weighted by molar-refractivity contribution is 0.0941. The van der Waals surface area contributed by atoms with Crippen LogP contribution in [0, 0.1) is 11.8 Å². The number of anilines is 1. The lowest BCUT2D eigenvalue weighted by atomic mass is 10.1. The monoisotopic (exact) mass is 497 g/mol. The van der Waals surface area contributed by atoms with Crippen molar-refractivity contribution in [2.24, 2.45) is 0 Å². The van der Waals surface area contributed by atoms with Crippen LogP contribution in [-0.2, 0) is 0 Å². The van der Waals surface area contributed by atoms with Crippen LogP contribution < -0.4 is 11.1 Å². The fourth-order valence-electron chi connectivity index (χ4n) is 4.59. The molecule has 0 aliphatic carbocycles. The molecular weight excluding hydrogens is 474 g/mol. The molecule has 1 atom stereocenters. The number of para-hydroxylation sites is 2. The summed E-state index contributed by atoms with van der Waals surface area (Å²) < 4.78 is 3.65. The summed E-state index contributed by atoms with van der Waals surface area (Å²) in [5.41, 5.74) is 11.4. The van der Waals surface area contributed by atoms with E-state index >= 15 is 0 Å². The number of nitrogens with two attached hydrogens (primary N) is 1. The highest BCUT2D eigenvalue weighted by molar-refractivity contribution is 6.04. The van der Waals surface area contributed by atoms with E-state index in [4.69, 9.17) is 5.73 Å². The Morgan fingerprint density at radius 2 is 1.79 bits per heavy atom. The number of hydrogen-bond donors (Lipinski definition) is 2. The van der Waals surface area contributed by atoms with Crippen LogP contribution in [0.25, 0.3) is 22.2 Å². The summed E-state index contributed by atoms with van der Waals surface area (Å²) in [6.45, 7) is 1.95. The second-order valence-corrected chi connectivity index (χ2v) is 8.81. The molecule has 2 aromatic carbocycles. The number of carbonyl (C=O) groups is 1. The van der Waals surface area contributed by atoms with Gasteiger partial charge in [-0.05, 0) is 49.4 Å². The van der Waals surface area contributed by atoms with E-state index < -0.39 is 0 Å². The zero-order valence-electron chi connectivity index (χ0n) is 20.5. The molecule has 0 bridgehead atoms. The molecule has 6 rings (SSSR count). The average Bonchev–Trinajstić information content (AvgIpc) is 3.50. The summed E-state index contributed by atoms with van der Waals surface area (Å²) in [6, 6.07) is 23.3. The van der Waals surface area contributed by atoms with Crippen molar-refractivity contribution < 1.29 is 4.79 Å². The van der Waals surface area contributed by atoms with Gasteiger partial charge in [-0.25, -0.2) is 9.50 Å². The molecule has 0 radical (unpaired) electrons. The summed E-state index contributed by atoms with van der Waals surface area (Å²) in [4.78, 5) is 21.8. The number of nitrogen functional groups attached to an aromatic ring is 1. The van der Waals surface area contributed by atoms with Crippen LogP contribution in [0.15, 0.2) is 97.6 Å². The van der Waals surface area contributed by atoms with Crippen LogP contribution in [0.4, 0.5) is 5.82 Å². The number of pyridine rings is 1. The smallest absolute Gasteiger partial charge is 0.259 e. The summed E-state index contributed by atoms with van der Waals surface area (Å²) in [5, 5.41) is 8.34. The van der Waals surface area contributed by atoms with Crippen molar-refractivity contribution in [3.63, 3.8) is 0 Å². The number of amides is 1. The zero-order chi connectivity index (χ0) is 26.1. The zero-order valence-corrected chi connectivity index (χ0v) is 20.5. The van der Waals surface area contributed by atoms with Gasteiger partial charge in [0.1, 0.15) is 5.56 Å². The Kier molecular flexibility index (Phi) is 5.79. The predicted molar refractivity (Wildman–Crippen MR) is 147 cm³/mol. The Bertz CT molecular complexity index is 1840. The number of benzene rings is 2. The Morgan fingerprint density at radius 1 is 0.974 bits per heavy atom. The second-order valence-electron chi connectivity index (χ2n) is 8.81. The van der Waals surface area contributed by atoms with Gasteiger partial charge < -0.3 is 15.6 Å². The molecule has 184 valence electrons. The SMILES string of the molecule is C[C@@H](NC(=O)c1c(N)nn2cccnc12)c1cc2cccc(C#Cc3ccncc3)c2n1-c1ccccc1. The van der Waals surface area contributed by atoms with Crippen LogP contribution >= 0.6 is 0 Å². The molecular formula is C30H23N7O. The van der Waals surface area contributed by atoms with E-state index in [-0.39, 0.29) is 23.3 Å². The minimum absolute atomic E-state index is 0.130. The highest BCUT2D eigenvalue weighted by atomic mass is 16.1. The Labute approximate surface area is 218 Å². The number of carbonyl (C=O) groups excluding carboxylic acids is 1. The van der Waals surface area contributed by atoms with Crippen molar-refractivity contribution in [1.29, 1.82) is 0 Å². The van der Waals surface area contributed by atoms with E-state index in [1.54, 1.807) is 30.9 Å². The molecule has 1 amide bonds. The first kappa shape index (κ1) is 23.0. The molecule has 0 saturated heterocycles. The first-order chi connectivity index (χ1) is 18.6. The van der Waals surface area contributed by atoms with Crippen molar-refractivity contribution in [3.8, 4) is 17.5 Å². The number of fused-ring (bicyclic) bond motifs is 2. The van der Waals surface area contributed by atoms with Gasteiger partial charge in [0.15, 0.2) is 11.5 Å². The summed E-state index contributed by atoms with van der Waals surface area (Å²) in [5.74, 6) is 6.37. The molecule has 0 fully saturated rings. The normalized spacial score (nSPS) is 11.7. The van der Waals surface area contributed by atoms with Gasteiger partial charge in [0.25, 0.3) is 5.91 Å². The van der Waals surface area contributed by atoms with Crippen molar-refractivity contribution in [1.82, 2.24) is 29.5 Å². The minimum Gasteiger partial charge on any atom is -0.381 e. The highest BCUT2D eigenvalue weighted by Gasteiger charge is 2.24. The third-order valence-electron chi connectivity index (χ3n) is 6.33. The van der Waals surface area contributed by atoms with E-state index in [0.717, 1.165) is 33.4 Å². The molecule has 0 unspecified atom stereocenters. The number of rotatable bonds is 4. The minimum atomic E-state index is -0.367. The molecule has 0 saturated carbocycles. The Hall–Kier alpha value is -5.42. The fourth-order valence-corrected chi connectivity index (χ4v) is 4.59. The van der Waals surface area contributed by atoms with E-state index in [9.17, 15) is 4.79 Å². The van der Waals surface area contributed by atoms with Crippen LogP contribution in [-0.4, -0.2) is 30.1 Å². The highest BCUT2D eigenvalue weighted by Crippen LogP contribution is 2.31. The van der Waals surface area contributed by atoms with Gasteiger partial charge in [0.2, 0.25) is 0 Å². The molecule has 4 heterocycles. The number of nitrogens with one attached hydrogen (secondary N) is 1. The molecule has 0 aliphatic rings. The summed E-state index contributed by atoms with van der Waals surface area (Å²) >= 11 is 0. The van der Waals surface area contributed by atoms with Crippen molar-refractivity contribution in [3.05, 3.63) is 120 Å². The lowest BCUT2D eigenvalue weighted by Crippen LogP contribution is -2.28. The van der Waals surface area contributed by atoms with Gasteiger partial charge in [0, 0.05) is 52.7 Å². The van der Waals surface area contributed by atoms with Gasteiger partial charge in [-0.2, -0.15) is 0 Å². The number of hydrogen-bond acceptors (Lipinski definition) is 5. The van der Waals surface area contributed by atoms with Gasteiger partial charge in [-0.15, -0.1) is 5.10 Å². The third-order valence-corrected chi connectivity index (χ3v) is 6.33. The molecule has 3 N–H and O–H groups in total. The van der Waals surface area contributed by atoms with Crippen LogP contribution in [0.3, 0.4) is 0 Å². The maximum Gasteiger partial charge on any atom is 0.259 e. The molecule has 6 aromatic rings. The second kappa shape index (κ2) is 9.56. The van der Waals surface area contributed by atoms with Crippen molar-refractivity contribution >= 4 is 28.3 Å². The van der Waals surface area contributed by atoms with E-state index in [1.165, 1.54) is 4.52 Å². The lowest BCUT2D eigenvalue weighted by Gasteiger charge is -2.18. The Morgan fingerprint density at radius 3 is 2.61 bits per heavy atom. The number of aromatic nitrogens is 5. The fraction of sp³-hybridized carbons (Fsp3) is 0.0667. The van der Waals surface area contributed by atoms with Crippen molar-refractivity contribution in [2.45, 2.75) is 13.0 Å². The van der Waals surface area contributed by atoms with E-state index in [1.807, 2.05) is 61.5 Å². The maximum absolute atomic E-state index is 13.4. The van der Waals surface area contributed by atoms with Crippen LogP contribution in [0.1, 0.15) is 40.1 Å².